The number of nitrogens with zero attached hydrogens (tertiary/aromatic N) is 2. The molecule has 3 N–H and O–H groups in total. The van der Waals surface area contributed by atoms with Crippen molar-refractivity contribution in [2.75, 3.05) is 5.73 Å². The lowest BCUT2D eigenvalue weighted by molar-refractivity contribution is -0.112. The Kier molecular flexibility index (Phi) is 3.62. The molecule has 0 aliphatic rings. The molecule has 0 spiro atoms. The predicted octanol–water partition coefficient (Wildman–Crippen LogP) is 0.664. The third kappa shape index (κ3) is 3.21. The van der Waals surface area contributed by atoms with Crippen molar-refractivity contribution in [2.45, 2.75) is 20.0 Å². The molecule has 7 heteroatoms. The molecule has 81 valence electrons. The van der Waals surface area contributed by atoms with Gasteiger partial charge in [-0.05, 0) is 13.8 Å². The van der Waals surface area contributed by atoms with Crippen LogP contribution in [-0.4, -0.2) is 22.7 Å². The summed E-state index contributed by atoms with van der Waals surface area (Å²) in [6.45, 7) is 3.54. The molecule has 1 aromatic rings. The highest BCUT2D eigenvalue weighted by Crippen LogP contribution is 2.12. The lowest BCUT2D eigenvalue weighted by Gasteiger charge is -2.02. The number of amides is 1. The molecule has 0 unspecified atom stereocenters. The first-order chi connectivity index (χ1) is 7.00. The SMILES string of the molecule is CC(C)O/N=C(\C([NH])=O)c1csc(N)n1. The molecule has 1 amide bonds. The number of rotatable bonds is 4. The van der Waals surface area contributed by atoms with Gasteiger partial charge in [0.1, 0.15) is 11.8 Å². The van der Waals surface area contributed by atoms with E-state index >= 15 is 0 Å². The van der Waals surface area contributed by atoms with Gasteiger partial charge in [-0.15, -0.1) is 11.3 Å². The maximum Gasteiger partial charge on any atom is 0.294 e. The summed E-state index contributed by atoms with van der Waals surface area (Å²) in [6, 6.07) is 0. The summed E-state index contributed by atoms with van der Waals surface area (Å²) < 4.78 is 0. The quantitative estimate of drug-likeness (QED) is 0.603. The van der Waals surface area contributed by atoms with E-state index in [0.29, 0.717) is 5.13 Å². The fourth-order valence-electron chi connectivity index (χ4n) is 0.759. The topological polar surface area (TPSA) is 101 Å². The Morgan fingerprint density at radius 1 is 1.73 bits per heavy atom. The Hall–Kier alpha value is -1.63. The number of hydrogen-bond acceptors (Lipinski definition) is 6. The molecule has 6 nitrogen and oxygen atoms in total. The van der Waals surface area contributed by atoms with E-state index in [1.54, 1.807) is 19.2 Å². The molecular weight excluding hydrogens is 216 g/mol. The Morgan fingerprint density at radius 3 is 2.80 bits per heavy atom. The highest BCUT2D eigenvalue weighted by molar-refractivity contribution is 7.13. The summed E-state index contributed by atoms with van der Waals surface area (Å²) in [6.07, 6.45) is -0.157. The largest absolute Gasteiger partial charge is 0.392 e. The van der Waals surface area contributed by atoms with Gasteiger partial charge in [0.25, 0.3) is 5.91 Å². The summed E-state index contributed by atoms with van der Waals surface area (Å²) in [5, 5.41) is 5.46. The lowest BCUT2D eigenvalue weighted by atomic mass is 10.3. The minimum atomic E-state index is -0.944. The number of hydrogen-bond donors (Lipinski definition) is 1. The molecule has 1 heterocycles. The van der Waals surface area contributed by atoms with E-state index in [2.05, 4.69) is 10.1 Å². The number of thiazole rings is 1. The van der Waals surface area contributed by atoms with Crippen molar-refractivity contribution >= 4 is 28.1 Å². The first-order valence-corrected chi connectivity index (χ1v) is 5.09. The van der Waals surface area contributed by atoms with Gasteiger partial charge in [0.2, 0.25) is 0 Å². The van der Waals surface area contributed by atoms with Crippen molar-refractivity contribution in [3.05, 3.63) is 11.1 Å². The summed E-state index contributed by atoms with van der Waals surface area (Å²) >= 11 is 1.18. The van der Waals surface area contributed by atoms with E-state index in [1.807, 2.05) is 0 Å². The first-order valence-electron chi connectivity index (χ1n) is 4.22. The van der Waals surface area contributed by atoms with Gasteiger partial charge in [-0.1, -0.05) is 5.16 Å². The van der Waals surface area contributed by atoms with Crippen LogP contribution in [0.4, 0.5) is 5.13 Å². The van der Waals surface area contributed by atoms with Crippen LogP contribution in [0.15, 0.2) is 10.5 Å². The van der Waals surface area contributed by atoms with Gasteiger partial charge < -0.3 is 10.6 Å². The molecule has 0 aliphatic carbocycles. The van der Waals surface area contributed by atoms with Crippen molar-refractivity contribution < 1.29 is 9.63 Å². The molecule has 15 heavy (non-hydrogen) atoms. The van der Waals surface area contributed by atoms with Crippen molar-refractivity contribution in [3.8, 4) is 0 Å². The zero-order valence-electron chi connectivity index (χ0n) is 8.35. The number of aromatic nitrogens is 1. The van der Waals surface area contributed by atoms with Gasteiger partial charge in [-0.25, -0.2) is 4.98 Å². The predicted molar refractivity (Wildman–Crippen MR) is 57.4 cm³/mol. The third-order valence-corrected chi connectivity index (χ3v) is 2.01. The number of nitrogens with two attached hydrogens (primary N) is 1. The molecule has 0 saturated heterocycles. The van der Waals surface area contributed by atoms with Gasteiger partial charge >= 0.3 is 0 Å². The maximum absolute atomic E-state index is 10.9. The van der Waals surface area contributed by atoms with Crippen molar-refractivity contribution in [1.29, 1.82) is 0 Å². The van der Waals surface area contributed by atoms with Gasteiger partial charge in [-0.3, -0.25) is 10.5 Å². The summed E-state index contributed by atoms with van der Waals surface area (Å²) in [7, 11) is 0. The van der Waals surface area contributed by atoms with Crippen molar-refractivity contribution in [1.82, 2.24) is 10.7 Å². The number of oxime groups is 1. The van der Waals surface area contributed by atoms with Crippen molar-refractivity contribution in [2.24, 2.45) is 5.16 Å². The number of nitrogen functional groups attached to an aromatic ring is 1. The van der Waals surface area contributed by atoms with Crippen molar-refractivity contribution in [3.63, 3.8) is 0 Å². The molecular formula is C8H11N4O2S. The third-order valence-electron chi connectivity index (χ3n) is 1.33. The number of carbonyl (C=O) groups excluding carboxylic acids is 1. The highest BCUT2D eigenvalue weighted by Gasteiger charge is 2.15. The second-order valence-electron chi connectivity index (χ2n) is 2.99. The van der Waals surface area contributed by atoms with Crippen LogP contribution in [0, 0.1) is 0 Å². The minimum absolute atomic E-state index is 0.128. The summed E-state index contributed by atoms with van der Waals surface area (Å²) in [5.41, 5.74) is 12.6. The molecule has 0 aromatic carbocycles. The van der Waals surface area contributed by atoms with E-state index < -0.39 is 5.91 Å². The Morgan fingerprint density at radius 2 is 2.40 bits per heavy atom. The molecule has 0 aliphatic heterocycles. The normalized spacial score (nSPS) is 11.8. The standard InChI is InChI=1S/C8H11N4O2S/c1-4(2)14-12-6(7(9)13)5-3-15-8(10)11-5/h3-4,9H,1-2H3,(H2,10,11)/b12-6-. The van der Waals surface area contributed by atoms with E-state index in [1.165, 1.54) is 11.3 Å². The molecule has 1 aromatic heterocycles. The first kappa shape index (κ1) is 11.4. The number of carbonyl (C=O) groups is 1. The number of nitrogens with one attached hydrogen (secondary N) is 1. The van der Waals surface area contributed by atoms with E-state index in [-0.39, 0.29) is 17.5 Å². The second-order valence-corrected chi connectivity index (χ2v) is 3.88. The average Bonchev–Trinajstić information content (AvgIpc) is 2.51. The van der Waals surface area contributed by atoms with Crippen LogP contribution in [0.25, 0.3) is 0 Å². The van der Waals surface area contributed by atoms with Crippen LogP contribution >= 0.6 is 11.3 Å². The monoisotopic (exact) mass is 227 g/mol. The average molecular weight is 227 g/mol. The number of anilines is 1. The fourth-order valence-corrected chi connectivity index (χ4v) is 1.31. The van der Waals surface area contributed by atoms with Crippen LogP contribution in [0.3, 0.4) is 0 Å². The van der Waals surface area contributed by atoms with Crippen LogP contribution < -0.4 is 11.5 Å². The second kappa shape index (κ2) is 4.74. The molecule has 0 atom stereocenters. The zero-order chi connectivity index (χ0) is 11.4. The molecule has 0 saturated carbocycles. The molecule has 1 rings (SSSR count). The van der Waals surface area contributed by atoms with Crippen LogP contribution in [0.2, 0.25) is 0 Å². The van der Waals surface area contributed by atoms with Crippen LogP contribution in [0.5, 0.6) is 0 Å². The lowest BCUT2D eigenvalue weighted by Crippen LogP contribution is -2.18. The Balaban J connectivity index is 2.93. The molecule has 1 radical (unpaired) electrons. The zero-order valence-corrected chi connectivity index (χ0v) is 9.17. The van der Waals surface area contributed by atoms with Crippen LogP contribution in [0.1, 0.15) is 19.5 Å². The smallest absolute Gasteiger partial charge is 0.294 e. The summed E-state index contributed by atoms with van der Waals surface area (Å²) in [4.78, 5) is 19.7. The molecule has 0 bridgehead atoms. The van der Waals surface area contributed by atoms with E-state index in [4.69, 9.17) is 16.3 Å². The Bertz CT molecular complexity index is 386. The fraction of sp³-hybridized carbons (Fsp3) is 0.375. The van der Waals surface area contributed by atoms with E-state index in [9.17, 15) is 4.79 Å². The van der Waals surface area contributed by atoms with E-state index in [0.717, 1.165) is 0 Å². The summed E-state index contributed by atoms with van der Waals surface area (Å²) in [5.74, 6) is -0.944. The van der Waals surface area contributed by atoms with Gasteiger partial charge in [0, 0.05) is 5.38 Å². The maximum atomic E-state index is 10.9. The molecule has 0 fully saturated rings. The van der Waals surface area contributed by atoms with Gasteiger partial charge in [-0.2, -0.15) is 0 Å². The Labute approximate surface area is 90.9 Å². The minimum Gasteiger partial charge on any atom is -0.392 e. The van der Waals surface area contributed by atoms with Gasteiger partial charge in [0.05, 0.1) is 0 Å². The van der Waals surface area contributed by atoms with Gasteiger partial charge in [0.15, 0.2) is 10.8 Å². The highest BCUT2D eigenvalue weighted by atomic mass is 32.1. The van der Waals surface area contributed by atoms with Crippen LogP contribution in [-0.2, 0) is 9.63 Å².